The smallest absolute Gasteiger partial charge is 0.0715 e. The first kappa shape index (κ1) is 15.6. The molecule has 0 aliphatic carbocycles. The van der Waals surface area contributed by atoms with Gasteiger partial charge in [-0.3, -0.25) is 10.1 Å². The highest BCUT2D eigenvalue weighted by molar-refractivity contribution is 5.66. The first-order chi connectivity index (χ1) is 12.9. The van der Waals surface area contributed by atoms with Crippen LogP contribution in [0.25, 0.3) is 11.3 Å². The van der Waals surface area contributed by atoms with Crippen LogP contribution in [0.1, 0.15) is 24.0 Å². The Bertz CT molecular complexity index is 899. The molecule has 0 bridgehead atoms. The Balaban J connectivity index is 1.48. The van der Waals surface area contributed by atoms with E-state index >= 15 is 0 Å². The maximum absolute atomic E-state index is 5.65. The van der Waals surface area contributed by atoms with E-state index in [0.717, 1.165) is 50.4 Å². The average molecular weight is 346 g/mol. The van der Waals surface area contributed by atoms with Crippen molar-refractivity contribution in [1.82, 2.24) is 15.2 Å². The number of ether oxygens (including phenoxy) is 1. The summed E-state index contributed by atoms with van der Waals surface area (Å²) in [6, 6.07) is 12.9. The minimum Gasteiger partial charge on any atom is -0.381 e. The van der Waals surface area contributed by atoms with E-state index in [2.05, 4.69) is 50.4 Å². The molecular formula is C21H22N4O. The van der Waals surface area contributed by atoms with Crippen LogP contribution < -0.4 is 4.90 Å². The van der Waals surface area contributed by atoms with Crippen molar-refractivity contribution in [1.29, 1.82) is 0 Å². The summed E-state index contributed by atoms with van der Waals surface area (Å²) >= 11 is 0. The van der Waals surface area contributed by atoms with Gasteiger partial charge in [0.15, 0.2) is 0 Å². The molecule has 5 nitrogen and oxygen atoms in total. The summed E-state index contributed by atoms with van der Waals surface area (Å²) in [5.74, 6) is 0. The van der Waals surface area contributed by atoms with Crippen LogP contribution in [0, 0.1) is 0 Å². The van der Waals surface area contributed by atoms with Crippen molar-refractivity contribution in [3.8, 4) is 11.3 Å². The number of pyridine rings is 1. The van der Waals surface area contributed by atoms with Crippen molar-refractivity contribution in [2.45, 2.75) is 24.8 Å². The molecule has 26 heavy (non-hydrogen) atoms. The van der Waals surface area contributed by atoms with Crippen LogP contribution in [0.4, 0.5) is 5.69 Å². The fourth-order valence-corrected chi connectivity index (χ4v) is 4.46. The first-order valence-electron chi connectivity index (χ1n) is 9.21. The predicted molar refractivity (Wildman–Crippen MR) is 101 cm³/mol. The number of fused-ring (bicyclic) bond motifs is 2. The van der Waals surface area contributed by atoms with Gasteiger partial charge in [-0.15, -0.1) is 0 Å². The van der Waals surface area contributed by atoms with Crippen molar-refractivity contribution in [2.24, 2.45) is 0 Å². The highest BCUT2D eigenvalue weighted by Gasteiger charge is 2.43. The average Bonchev–Trinajstić information content (AvgIpc) is 3.28. The Morgan fingerprint density at radius 3 is 2.81 bits per heavy atom. The molecule has 2 aliphatic rings. The van der Waals surface area contributed by atoms with Crippen molar-refractivity contribution in [2.75, 3.05) is 24.7 Å². The zero-order chi connectivity index (χ0) is 17.4. The Hall–Kier alpha value is -2.66. The standard InChI is InChI=1S/C21H22N4O/c1-2-6-19-18(5-1)21(7-10-26-11-8-21)15-25(19)14-17-13-23-24-20(17)16-4-3-9-22-12-16/h1-6,9,12-13H,7-8,10-11,14-15H2,(H,23,24). The summed E-state index contributed by atoms with van der Waals surface area (Å²) in [4.78, 5) is 6.75. The van der Waals surface area contributed by atoms with E-state index in [1.165, 1.54) is 16.8 Å². The zero-order valence-corrected chi connectivity index (χ0v) is 14.7. The molecule has 0 saturated carbocycles. The number of H-pyrrole nitrogens is 1. The van der Waals surface area contributed by atoms with Crippen molar-refractivity contribution < 1.29 is 4.74 Å². The highest BCUT2D eigenvalue weighted by Crippen LogP contribution is 2.47. The molecular weight excluding hydrogens is 324 g/mol. The normalized spacial score (nSPS) is 18.2. The second kappa shape index (κ2) is 6.25. The molecule has 0 unspecified atom stereocenters. The molecule has 5 heteroatoms. The fraction of sp³-hybridized carbons (Fsp3) is 0.333. The van der Waals surface area contributed by atoms with E-state index in [4.69, 9.17) is 4.74 Å². The van der Waals surface area contributed by atoms with Gasteiger partial charge in [0.05, 0.1) is 11.9 Å². The minimum atomic E-state index is 0.229. The van der Waals surface area contributed by atoms with Gasteiger partial charge in [0.2, 0.25) is 0 Å². The molecule has 0 atom stereocenters. The lowest BCUT2D eigenvalue weighted by Crippen LogP contribution is -2.38. The third-order valence-corrected chi connectivity index (χ3v) is 5.79. The van der Waals surface area contributed by atoms with E-state index in [1.807, 2.05) is 18.5 Å². The number of anilines is 1. The molecule has 1 saturated heterocycles. The number of benzene rings is 1. The molecule has 1 aromatic carbocycles. The second-order valence-corrected chi connectivity index (χ2v) is 7.28. The van der Waals surface area contributed by atoms with Gasteiger partial charge in [-0.1, -0.05) is 18.2 Å². The number of para-hydroxylation sites is 1. The number of nitrogens with one attached hydrogen (secondary N) is 1. The highest BCUT2D eigenvalue weighted by atomic mass is 16.5. The number of rotatable bonds is 3. The Morgan fingerprint density at radius 1 is 1.08 bits per heavy atom. The van der Waals surface area contributed by atoms with E-state index in [9.17, 15) is 0 Å². The minimum absolute atomic E-state index is 0.229. The molecule has 3 aromatic rings. The monoisotopic (exact) mass is 346 g/mol. The predicted octanol–water partition coefficient (Wildman–Crippen LogP) is 3.54. The van der Waals surface area contributed by atoms with Crippen LogP contribution in [0.3, 0.4) is 0 Å². The van der Waals surface area contributed by atoms with E-state index in [1.54, 1.807) is 6.20 Å². The third-order valence-electron chi connectivity index (χ3n) is 5.79. The lowest BCUT2D eigenvalue weighted by molar-refractivity contribution is 0.0553. The molecule has 0 radical (unpaired) electrons. The van der Waals surface area contributed by atoms with E-state index in [0.29, 0.717) is 0 Å². The van der Waals surface area contributed by atoms with Crippen molar-refractivity contribution >= 4 is 5.69 Å². The molecule has 2 aliphatic heterocycles. The maximum atomic E-state index is 5.65. The molecule has 1 fully saturated rings. The van der Waals surface area contributed by atoms with Gasteiger partial charge in [0, 0.05) is 60.9 Å². The van der Waals surface area contributed by atoms with Gasteiger partial charge in [-0.2, -0.15) is 5.10 Å². The fourth-order valence-electron chi connectivity index (χ4n) is 4.46. The van der Waals surface area contributed by atoms with Gasteiger partial charge in [0.1, 0.15) is 0 Å². The molecule has 5 rings (SSSR count). The van der Waals surface area contributed by atoms with Crippen LogP contribution in [0.15, 0.2) is 55.0 Å². The number of nitrogens with zero attached hydrogens (tertiary/aromatic N) is 3. The zero-order valence-electron chi connectivity index (χ0n) is 14.7. The largest absolute Gasteiger partial charge is 0.381 e. The summed E-state index contributed by atoms with van der Waals surface area (Å²) in [6.45, 7) is 3.61. The van der Waals surface area contributed by atoms with Gasteiger partial charge in [0.25, 0.3) is 0 Å². The van der Waals surface area contributed by atoms with Crippen molar-refractivity contribution in [3.05, 3.63) is 66.1 Å². The van der Waals surface area contributed by atoms with Gasteiger partial charge in [-0.05, 0) is 36.6 Å². The number of hydrogen-bond acceptors (Lipinski definition) is 4. The molecule has 0 amide bonds. The van der Waals surface area contributed by atoms with Crippen molar-refractivity contribution in [3.63, 3.8) is 0 Å². The summed E-state index contributed by atoms with van der Waals surface area (Å²) in [5.41, 5.74) is 6.41. The molecule has 132 valence electrons. The second-order valence-electron chi connectivity index (χ2n) is 7.28. The summed E-state index contributed by atoms with van der Waals surface area (Å²) < 4.78 is 5.65. The van der Waals surface area contributed by atoms with Gasteiger partial charge < -0.3 is 9.64 Å². The van der Waals surface area contributed by atoms with E-state index < -0.39 is 0 Å². The lowest BCUT2D eigenvalue weighted by atomic mass is 9.76. The number of aromatic nitrogens is 3. The number of aromatic amines is 1. The maximum Gasteiger partial charge on any atom is 0.0715 e. The SMILES string of the molecule is c1cncc(-c2[nH]ncc2CN2CC3(CCOCC3)c3ccccc32)c1. The topological polar surface area (TPSA) is 54.0 Å². The molecule has 4 heterocycles. The molecule has 1 N–H and O–H groups in total. The van der Waals surface area contributed by atoms with Gasteiger partial charge in [-0.25, -0.2) is 0 Å². The van der Waals surface area contributed by atoms with Crippen LogP contribution in [-0.4, -0.2) is 34.9 Å². The summed E-state index contributed by atoms with van der Waals surface area (Å²) in [5, 5.41) is 7.46. The van der Waals surface area contributed by atoms with Gasteiger partial charge >= 0.3 is 0 Å². The lowest BCUT2D eigenvalue weighted by Gasteiger charge is -2.34. The Kier molecular flexibility index (Phi) is 3.75. The number of hydrogen-bond donors (Lipinski definition) is 1. The van der Waals surface area contributed by atoms with Crippen LogP contribution in [-0.2, 0) is 16.7 Å². The first-order valence-corrected chi connectivity index (χ1v) is 9.21. The van der Waals surface area contributed by atoms with Crippen LogP contribution in [0.2, 0.25) is 0 Å². The van der Waals surface area contributed by atoms with Crippen LogP contribution >= 0.6 is 0 Å². The quantitative estimate of drug-likeness (QED) is 0.788. The molecule has 1 spiro atoms. The summed E-state index contributed by atoms with van der Waals surface area (Å²) in [6.07, 6.45) is 7.82. The molecule has 2 aromatic heterocycles. The summed E-state index contributed by atoms with van der Waals surface area (Å²) in [7, 11) is 0. The third kappa shape index (κ3) is 2.51. The van der Waals surface area contributed by atoms with Crippen LogP contribution in [0.5, 0.6) is 0 Å². The Morgan fingerprint density at radius 2 is 1.96 bits per heavy atom. The van der Waals surface area contributed by atoms with E-state index in [-0.39, 0.29) is 5.41 Å². The Labute approximate surface area is 153 Å².